The second kappa shape index (κ2) is 10.4. The fraction of sp³-hybridized carbons (Fsp3) is 0.0526. The Hall–Kier alpha value is -5.88. The van der Waals surface area contributed by atoms with Gasteiger partial charge in [0.15, 0.2) is 5.82 Å². The summed E-state index contributed by atoms with van der Waals surface area (Å²) in [5.74, 6) is 0.589. The molecule has 0 saturated carbocycles. The Labute approximate surface area is 254 Å². The highest BCUT2D eigenvalue weighted by Crippen LogP contribution is 2.37. The largest absolute Gasteiger partial charge is 0.261 e. The monoisotopic (exact) mass is 566 g/mol. The molecule has 0 aliphatic rings. The highest BCUT2D eigenvalue weighted by Gasteiger charge is 2.14. The minimum Gasteiger partial charge on any atom is -0.261 e. The van der Waals surface area contributed by atoms with Crippen LogP contribution in [0.25, 0.3) is 77.6 Å². The summed E-state index contributed by atoms with van der Waals surface area (Å²) in [5.41, 5.74) is 7.55. The van der Waals surface area contributed by atoms with Crippen molar-refractivity contribution < 1.29 is 0 Å². The van der Waals surface area contributed by atoms with Crippen molar-refractivity contribution in [2.75, 3.05) is 0 Å². The summed E-state index contributed by atoms with van der Waals surface area (Å²) in [7, 11) is 0. The molecule has 0 unspecified atom stereocenters. The average molecular weight is 567 g/mol. The van der Waals surface area contributed by atoms with Gasteiger partial charge in [-0.25, -0.2) is 19.9 Å². The third kappa shape index (κ3) is 4.53. The highest BCUT2D eigenvalue weighted by atomic mass is 14.9. The minimum absolute atomic E-state index is 0.589. The maximum absolute atomic E-state index is 4.91. The predicted octanol–water partition coefficient (Wildman–Crippen LogP) is 8.80. The molecule has 0 N–H and O–H groups in total. The molecule has 0 amide bonds. The van der Waals surface area contributed by atoms with Crippen LogP contribution in [0.5, 0.6) is 0 Å². The molecular formula is C38H26N6. The van der Waals surface area contributed by atoms with Gasteiger partial charge in [-0.2, -0.15) is 0 Å². The molecule has 0 aliphatic heterocycles. The van der Waals surface area contributed by atoms with E-state index >= 15 is 0 Å². The van der Waals surface area contributed by atoms with Gasteiger partial charge in [-0.3, -0.25) is 9.97 Å². The van der Waals surface area contributed by atoms with E-state index in [0.29, 0.717) is 28.6 Å². The molecule has 0 bridgehead atoms. The van der Waals surface area contributed by atoms with E-state index in [1.807, 2.05) is 19.9 Å². The highest BCUT2D eigenvalue weighted by molar-refractivity contribution is 6.25. The first kappa shape index (κ1) is 25.8. The lowest BCUT2D eigenvalue weighted by Gasteiger charge is -2.12. The standard InChI is InChI=1S/C38H26N6/c1-23-19-39-21-36(41-23)34-18-35(37-22-40-20-24(2)42-37)44-38(43-34)26-13-11-25(12-14-26)27-15-16-32-30-9-4-3-7-28(30)29-8-5-6-10-31(29)33(32)17-27/h3-22H,1-2H3. The molecule has 0 radical (unpaired) electrons. The normalized spacial score (nSPS) is 11.4. The second-order valence-electron chi connectivity index (χ2n) is 11.0. The second-order valence-corrected chi connectivity index (χ2v) is 11.0. The lowest BCUT2D eigenvalue weighted by atomic mass is 9.92. The summed E-state index contributed by atoms with van der Waals surface area (Å²) in [6, 6.07) is 34.4. The number of hydrogen-bond donors (Lipinski definition) is 0. The SMILES string of the molecule is Cc1cncc(-c2cc(-c3cncc(C)n3)nc(-c3ccc(-c4ccc5c6ccccc6c6ccccc6c5c4)cc3)n2)n1. The number of hydrogen-bond acceptors (Lipinski definition) is 6. The maximum atomic E-state index is 4.91. The lowest BCUT2D eigenvalue weighted by molar-refractivity contribution is 1.08. The molecule has 8 aromatic rings. The van der Waals surface area contributed by atoms with Crippen molar-refractivity contribution >= 4 is 32.3 Å². The Morgan fingerprint density at radius 3 is 1.34 bits per heavy atom. The van der Waals surface area contributed by atoms with E-state index in [-0.39, 0.29) is 0 Å². The summed E-state index contributed by atoms with van der Waals surface area (Å²) in [4.78, 5) is 27.8. The number of fused-ring (bicyclic) bond motifs is 6. The molecular weight excluding hydrogens is 540 g/mol. The molecule has 6 nitrogen and oxygen atoms in total. The number of benzene rings is 5. The number of nitrogens with zero attached hydrogens (tertiary/aromatic N) is 6. The molecule has 6 heteroatoms. The molecule has 5 aromatic carbocycles. The molecule has 208 valence electrons. The van der Waals surface area contributed by atoms with Gasteiger partial charge in [0, 0.05) is 18.0 Å². The smallest absolute Gasteiger partial charge is 0.160 e. The fourth-order valence-electron chi connectivity index (χ4n) is 5.91. The van der Waals surface area contributed by atoms with Gasteiger partial charge in [0.2, 0.25) is 0 Å². The van der Waals surface area contributed by atoms with Crippen LogP contribution in [-0.4, -0.2) is 29.9 Å². The van der Waals surface area contributed by atoms with E-state index in [2.05, 4.69) is 111 Å². The molecule has 44 heavy (non-hydrogen) atoms. The van der Waals surface area contributed by atoms with Crippen molar-refractivity contribution in [3.8, 4) is 45.3 Å². The molecule has 0 fully saturated rings. The van der Waals surface area contributed by atoms with Crippen LogP contribution in [0.4, 0.5) is 0 Å². The van der Waals surface area contributed by atoms with Gasteiger partial charge < -0.3 is 0 Å². The van der Waals surface area contributed by atoms with Crippen molar-refractivity contribution in [2.24, 2.45) is 0 Å². The van der Waals surface area contributed by atoms with Crippen LogP contribution in [0.3, 0.4) is 0 Å². The Morgan fingerprint density at radius 1 is 0.364 bits per heavy atom. The first-order valence-corrected chi connectivity index (χ1v) is 14.5. The molecule has 3 aromatic heterocycles. The molecule has 0 aliphatic carbocycles. The van der Waals surface area contributed by atoms with Gasteiger partial charge >= 0.3 is 0 Å². The molecule has 8 rings (SSSR count). The van der Waals surface area contributed by atoms with Crippen LogP contribution < -0.4 is 0 Å². The van der Waals surface area contributed by atoms with Crippen molar-refractivity contribution in [3.05, 3.63) is 133 Å². The molecule has 3 heterocycles. The molecule has 0 atom stereocenters. The van der Waals surface area contributed by atoms with Gasteiger partial charge in [-0.1, -0.05) is 84.9 Å². The third-order valence-corrected chi connectivity index (χ3v) is 7.98. The van der Waals surface area contributed by atoms with E-state index in [1.54, 1.807) is 24.8 Å². The zero-order valence-corrected chi connectivity index (χ0v) is 24.2. The minimum atomic E-state index is 0.589. The number of aryl methyl sites for hydroxylation is 2. The predicted molar refractivity (Wildman–Crippen MR) is 177 cm³/mol. The Bertz CT molecular complexity index is 2260. The maximum Gasteiger partial charge on any atom is 0.160 e. The first-order chi connectivity index (χ1) is 21.6. The van der Waals surface area contributed by atoms with Crippen molar-refractivity contribution in [3.63, 3.8) is 0 Å². The van der Waals surface area contributed by atoms with Crippen molar-refractivity contribution in [1.29, 1.82) is 0 Å². The van der Waals surface area contributed by atoms with Crippen LogP contribution in [0, 0.1) is 13.8 Å². The third-order valence-electron chi connectivity index (χ3n) is 7.98. The summed E-state index contributed by atoms with van der Waals surface area (Å²) >= 11 is 0. The van der Waals surface area contributed by atoms with Gasteiger partial charge in [-0.15, -0.1) is 0 Å². The summed E-state index contributed by atoms with van der Waals surface area (Å²) in [5, 5.41) is 7.59. The quantitative estimate of drug-likeness (QED) is 0.198. The first-order valence-electron chi connectivity index (χ1n) is 14.5. The Balaban J connectivity index is 1.23. The average Bonchev–Trinajstić information content (AvgIpc) is 3.08. The fourth-order valence-corrected chi connectivity index (χ4v) is 5.91. The zero-order valence-electron chi connectivity index (χ0n) is 24.2. The lowest BCUT2D eigenvalue weighted by Crippen LogP contribution is -1.99. The Kier molecular flexibility index (Phi) is 6.12. The van der Waals surface area contributed by atoms with E-state index in [9.17, 15) is 0 Å². The molecule has 0 spiro atoms. The van der Waals surface area contributed by atoms with Crippen LogP contribution in [-0.2, 0) is 0 Å². The van der Waals surface area contributed by atoms with E-state index in [4.69, 9.17) is 9.97 Å². The summed E-state index contributed by atoms with van der Waals surface area (Å²) < 4.78 is 0. The molecule has 0 saturated heterocycles. The van der Waals surface area contributed by atoms with Gasteiger partial charge in [0.25, 0.3) is 0 Å². The van der Waals surface area contributed by atoms with Crippen LogP contribution in [0.2, 0.25) is 0 Å². The zero-order chi connectivity index (χ0) is 29.6. The number of rotatable bonds is 4. The van der Waals surface area contributed by atoms with Gasteiger partial charge in [0.1, 0.15) is 11.4 Å². The van der Waals surface area contributed by atoms with Crippen molar-refractivity contribution in [1.82, 2.24) is 29.9 Å². The van der Waals surface area contributed by atoms with E-state index < -0.39 is 0 Å². The summed E-state index contributed by atoms with van der Waals surface area (Å²) in [6.45, 7) is 3.84. The van der Waals surface area contributed by atoms with Crippen LogP contribution in [0.1, 0.15) is 11.4 Å². The number of aromatic nitrogens is 6. The summed E-state index contributed by atoms with van der Waals surface area (Å²) in [6.07, 6.45) is 6.91. The van der Waals surface area contributed by atoms with Gasteiger partial charge in [0.05, 0.1) is 35.2 Å². The topological polar surface area (TPSA) is 77.3 Å². The van der Waals surface area contributed by atoms with Crippen molar-refractivity contribution in [2.45, 2.75) is 13.8 Å². The van der Waals surface area contributed by atoms with Crippen LogP contribution >= 0.6 is 0 Å². The van der Waals surface area contributed by atoms with E-state index in [1.165, 1.54) is 32.3 Å². The van der Waals surface area contributed by atoms with Crippen LogP contribution in [0.15, 0.2) is 122 Å². The van der Waals surface area contributed by atoms with E-state index in [0.717, 1.165) is 28.1 Å². The Morgan fingerprint density at radius 2 is 0.818 bits per heavy atom. The van der Waals surface area contributed by atoms with Gasteiger partial charge in [-0.05, 0) is 69.4 Å².